The average molecular weight is 204 g/mol. The number of rotatable bonds is 3. The van der Waals surface area contributed by atoms with Crippen molar-refractivity contribution in [3.05, 3.63) is 6.42 Å². The van der Waals surface area contributed by atoms with Gasteiger partial charge in [-0.25, -0.2) is 0 Å². The maximum absolute atomic E-state index is 6.96. The number of hydrogen-bond donors (Lipinski definition) is 0. The van der Waals surface area contributed by atoms with Crippen LogP contribution >= 0.6 is 0 Å². The van der Waals surface area contributed by atoms with E-state index in [0.29, 0.717) is 6.61 Å². The molecule has 0 N–H and O–H groups in total. The van der Waals surface area contributed by atoms with Crippen molar-refractivity contribution in [2.75, 3.05) is 6.61 Å². The zero-order chi connectivity index (χ0) is 10.7. The van der Waals surface area contributed by atoms with Crippen molar-refractivity contribution >= 4 is 8.32 Å². The van der Waals surface area contributed by atoms with Crippen LogP contribution in [0.15, 0.2) is 0 Å². The van der Waals surface area contributed by atoms with Gasteiger partial charge in [0.1, 0.15) is 0 Å². The van der Waals surface area contributed by atoms with Gasteiger partial charge in [0.25, 0.3) is 0 Å². The largest absolute Gasteiger partial charge is 1.00 e. The van der Waals surface area contributed by atoms with Gasteiger partial charge in [-0.1, -0.05) is 27.7 Å². The summed E-state index contributed by atoms with van der Waals surface area (Å²) in [4.78, 5) is 0. The van der Waals surface area contributed by atoms with Crippen molar-refractivity contribution in [1.82, 2.24) is 0 Å². The Balaban J connectivity index is 0. The normalized spacial score (nSPS) is 14.1. The molecule has 14 heavy (non-hydrogen) atoms. The van der Waals surface area contributed by atoms with Crippen LogP contribution in [0.3, 0.4) is 0 Å². The second kappa shape index (κ2) is 6.03. The standard InChI is InChI=1S/C11H21OSi.Li/c1-8-10(2)9-12-13(6,7)11(3,4)5;/h10H,9H2,2-7H3;/q-1;+1. The van der Waals surface area contributed by atoms with Crippen LogP contribution < -0.4 is 18.9 Å². The van der Waals surface area contributed by atoms with Crippen LogP contribution in [0, 0.1) is 18.3 Å². The molecule has 0 aliphatic rings. The second-order valence-corrected chi connectivity index (χ2v) is 9.93. The first kappa shape index (κ1) is 16.8. The third kappa shape index (κ3) is 5.27. The van der Waals surface area contributed by atoms with Gasteiger partial charge in [0, 0.05) is 6.61 Å². The van der Waals surface area contributed by atoms with Crippen LogP contribution in [-0.4, -0.2) is 14.9 Å². The average Bonchev–Trinajstić information content (AvgIpc) is 1.98. The summed E-state index contributed by atoms with van der Waals surface area (Å²) in [5, 5.41) is 0.259. The van der Waals surface area contributed by atoms with Gasteiger partial charge in [-0.2, -0.15) is 0 Å². The molecule has 76 valence electrons. The predicted octanol–water partition coefficient (Wildman–Crippen LogP) is 0.238. The zero-order valence-electron chi connectivity index (χ0n) is 10.7. The molecular weight excluding hydrogens is 183 g/mol. The Hall–Kier alpha value is 0.334. The van der Waals surface area contributed by atoms with E-state index in [4.69, 9.17) is 10.8 Å². The summed E-state index contributed by atoms with van der Waals surface area (Å²) >= 11 is 0. The summed E-state index contributed by atoms with van der Waals surface area (Å²) in [6.45, 7) is 13.7. The Labute approximate surface area is 102 Å². The molecular formula is C11H21LiOSi. The van der Waals surface area contributed by atoms with Gasteiger partial charge in [-0.3, -0.25) is 0 Å². The minimum atomic E-state index is -1.61. The molecule has 0 heterocycles. The fourth-order valence-corrected chi connectivity index (χ4v) is 1.69. The Morgan fingerprint density at radius 2 is 1.79 bits per heavy atom. The number of hydrogen-bond acceptors (Lipinski definition) is 1. The third-order valence-corrected chi connectivity index (χ3v) is 7.25. The first-order valence-electron chi connectivity index (χ1n) is 4.77. The molecule has 0 saturated carbocycles. The van der Waals surface area contributed by atoms with Crippen molar-refractivity contribution in [1.29, 1.82) is 0 Å². The molecule has 0 radical (unpaired) electrons. The van der Waals surface area contributed by atoms with Crippen molar-refractivity contribution in [3.8, 4) is 5.92 Å². The molecule has 0 fully saturated rings. The van der Waals surface area contributed by atoms with Gasteiger partial charge < -0.3 is 16.8 Å². The van der Waals surface area contributed by atoms with E-state index in [0.717, 1.165) is 0 Å². The zero-order valence-corrected chi connectivity index (χ0v) is 11.7. The van der Waals surface area contributed by atoms with Crippen molar-refractivity contribution < 1.29 is 23.3 Å². The van der Waals surface area contributed by atoms with Crippen molar-refractivity contribution in [3.63, 3.8) is 0 Å². The van der Waals surface area contributed by atoms with Gasteiger partial charge >= 0.3 is 18.9 Å². The van der Waals surface area contributed by atoms with Crippen molar-refractivity contribution in [2.45, 2.75) is 45.8 Å². The first-order valence-corrected chi connectivity index (χ1v) is 7.68. The smallest absolute Gasteiger partial charge is 0.693 e. The molecule has 0 spiro atoms. The van der Waals surface area contributed by atoms with E-state index in [1.807, 2.05) is 6.92 Å². The molecule has 1 atom stereocenters. The maximum Gasteiger partial charge on any atom is 1.00 e. The molecule has 0 bridgehead atoms. The van der Waals surface area contributed by atoms with Crippen LogP contribution in [0.2, 0.25) is 18.1 Å². The van der Waals surface area contributed by atoms with Gasteiger partial charge in [-0.15, -0.1) is 0 Å². The van der Waals surface area contributed by atoms with Crippen LogP contribution in [0.4, 0.5) is 0 Å². The summed E-state index contributed by atoms with van der Waals surface area (Å²) < 4.78 is 5.90. The molecule has 0 rings (SSSR count). The Morgan fingerprint density at radius 3 is 2.07 bits per heavy atom. The molecule has 0 aromatic carbocycles. The molecule has 0 saturated heterocycles. The third-order valence-electron chi connectivity index (χ3n) is 2.75. The predicted molar refractivity (Wildman–Crippen MR) is 59.4 cm³/mol. The Morgan fingerprint density at radius 1 is 1.36 bits per heavy atom. The quantitative estimate of drug-likeness (QED) is 0.363. The van der Waals surface area contributed by atoms with E-state index in [-0.39, 0.29) is 29.8 Å². The second-order valence-electron chi connectivity index (χ2n) is 5.12. The van der Waals surface area contributed by atoms with Gasteiger partial charge in [0.2, 0.25) is 0 Å². The van der Waals surface area contributed by atoms with Gasteiger partial charge in [-0.05, 0) is 24.1 Å². The SMILES string of the molecule is [C-]#CC(C)CO[Si](C)(C)C(C)(C)C.[Li+]. The molecule has 0 aromatic rings. The van der Waals surface area contributed by atoms with E-state index in [9.17, 15) is 0 Å². The van der Waals surface area contributed by atoms with Crippen LogP contribution in [0.5, 0.6) is 0 Å². The summed E-state index contributed by atoms with van der Waals surface area (Å²) in [6, 6.07) is 0. The van der Waals surface area contributed by atoms with Crippen molar-refractivity contribution in [2.24, 2.45) is 5.92 Å². The van der Waals surface area contributed by atoms with Crippen LogP contribution in [-0.2, 0) is 4.43 Å². The molecule has 0 aliphatic carbocycles. The van der Waals surface area contributed by atoms with E-state index in [2.05, 4.69) is 39.8 Å². The molecule has 0 amide bonds. The fourth-order valence-electron chi connectivity index (χ4n) is 0.592. The Kier molecular flexibility index (Phi) is 7.22. The summed E-state index contributed by atoms with van der Waals surface area (Å²) in [5.74, 6) is 2.56. The summed E-state index contributed by atoms with van der Waals surface area (Å²) in [5.41, 5.74) is 0. The van der Waals surface area contributed by atoms with Gasteiger partial charge in [0.15, 0.2) is 8.32 Å². The summed E-state index contributed by atoms with van der Waals surface area (Å²) in [7, 11) is -1.61. The minimum Gasteiger partial charge on any atom is -0.693 e. The molecule has 0 aliphatic heterocycles. The topological polar surface area (TPSA) is 9.23 Å². The minimum absolute atomic E-state index is 0. The van der Waals surface area contributed by atoms with Gasteiger partial charge in [0.05, 0.1) is 0 Å². The molecule has 1 nitrogen and oxygen atoms in total. The van der Waals surface area contributed by atoms with E-state index >= 15 is 0 Å². The van der Waals surface area contributed by atoms with E-state index in [1.165, 1.54) is 0 Å². The first-order chi connectivity index (χ1) is 5.70. The monoisotopic (exact) mass is 204 g/mol. The summed E-state index contributed by atoms with van der Waals surface area (Å²) in [6.07, 6.45) is 6.96. The van der Waals surface area contributed by atoms with E-state index < -0.39 is 8.32 Å². The molecule has 0 aromatic heterocycles. The van der Waals surface area contributed by atoms with Crippen LogP contribution in [0.1, 0.15) is 27.7 Å². The van der Waals surface area contributed by atoms with Crippen LogP contribution in [0.25, 0.3) is 0 Å². The Bertz CT molecular complexity index is 200. The molecule has 3 heteroatoms. The maximum atomic E-state index is 6.96. The van der Waals surface area contributed by atoms with E-state index in [1.54, 1.807) is 0 Å². The molecule has 1 unspecified atom stereocenters. The fraction of sp³-hybridized carbons (Fsp3) is 0.818.